The van der Waals surface area contributed by atoms with Gasteiger partial charge in [0.2, 0.25) is 11.8 Å². The van der Waals surface area contributed by atoms with E-state index in [1.165, 1.54) is 0 Å². The minimum Gasteiger partial charge on any atom is -0.489 e. The lowest BCUT2D eigenvalue weighted by Crippen LogP contribution is -2.28. The minimum atomic E-state index is -0.379. The first kappa shape index (κ1) is 20.2. The van der Waals surface area contributed by atoms with Crippen LogP contribution >= 0.6 is 15.9 Å². The third-order valence-corrected chi connectivity index (χ3v) is 5.53. The Labute approximate surface area is 183 Å². The number of hydrogen-bond acceptors (Lipinski definition) is 3. The van der Waals surface area contributed by atoms with Crippen LogP contribution in [0.5, 0.6) is 5.75 Å². The van der Waals surface area contributed by atoms with Crippen LogP contribution in [-0.4, -0.2) is 18.4 Å². The maximum Gasteiger partial charge on any atom is 0.229 e. The molecule has 3 aromatic carbocycles. The summed E-state index contributed by atoms with van der Waals surface area (Å²) in [6.07, 6.45) is 0.203. The molecule has 1 atom stereocenters. The van der Waals surface area contributed by atoms with Gasteiger partial charge < -0.3 is 15.0 Å². The van der Waals surface area contributed by atoms with Crippen LogP contribution in [-0.2, 0) is 16.2 Å². The summed E-state index contributed by atoms with van der Waals surface area (Å²) < 4.78 is 6.74. The largest absolute Gasteiger partial charge is 0.489 e. The molecule has 0 bridgehead atoms. The van der Waals surface area contributed by atoms with Gasteiger partial charge in [0.1, 0.15) is 12.4 Å². The highest BCUT2D eigenvalue weighted by atomic mass is 79.9. The first-order valence-electron chi connectivity index (χ1n) is 9.72. The molecule has 1 heterocycles. The highest BCUT2D eigenvalue weighted by Gasteiger charge is 2.35. The number of nitrogens with zero attached hydrogens (tertiary/aromatic N) is 1. The highest BCUT2D eigenvalue weighted by molar-refractivity contribution is 9.10. The predicted molar refractivity (Wildman–Crippen MR) is 120 cm³/mol. The predicted octanol–water partition coefficient (Wildman–Crippen LogP) is 5.02. The zero-order valence-corrected chi connectivity index (χ0v) is 17.8. The van der Waals surface area contributed by atoms with Crippen molar-refractivity contribution in [3.05, 3.63) is 88.9 Å². The van der Waals surface area contributed by atoms with E-state index in [9.17, 15) is 9.59 Å². The summed E-state index contributed by atoms with van der Waals surface area (Å²) in [6, 6.07) is 24.7. The summed E-state index contributed by atoms with van der Waals surface area (Å²) >= 11 is 3.37. The number of nitrogens with one attached hydrogen (secondary N) is 1. The molecule has 1 aliphatic heterocycles. The second kappa shape index (κ2) is 9.13. The number of halogens is 1. The molecule has 3 aromatic rings. The molecule has 1 aliphatic rings. The summed E-state index contributed by atoms with van der Waals surface area (Å²) in [5.41, 5.74) is 2.58. The Balaban J connectivity index is 1.35. The Hall–Kier alpha value is -3.12. The molecule has 0 aromatic heterocycles. The van der Waals surface area contributed by atoms with Crippen molar-refractivity contribution in [2.24, 2.45) is 5.92 Å². The second-order valence-corrected chi connectivity index (χ2v) is 8.09. The Kier molecular flexibility index (Phi) is 6.14. The average Bonchev–Trinajstić information content (AvgIpc) is 3.17. The van der Waals surface area contributed by atoms with Gasteiger partial charge in [-0.2, -0.15) is 0 Å². The van der Waals surface area contributed by atoms with Crippen molar-refractivity contribution in [2.45, 2.75) is 13.0 Å². The molecule has 1 unspecified atom stereocenters. The molecular formula is C24H21BrN2O3. The van der Waals surface area contributed by atoms with Gasteiger partial charge in [-0.1, -0.05) is 46.3 Å². The molecule has 6 heteroatoms. The number of ether oxygens (including phenoxy) is 1. The molecule has 1 N–H and O–H groups in total. The first-order chi connectivity index (χ1) is 14.6. The monoisotopic (exact) mass is 464 g/mol. The second-order valence-electron chi connectivity index (χ2n) is 7.17. The highest BCUT2D eigenvalue weighted by Crippen LogP contribution is 2.28. The van der Waals surface area contributed by atoms with E-state index in [1.54, 1.807) is 4.90 Å². The smallest absolute Gasteiger partial charge is 0.229 e. The molecule has 30 heavy (non-hydrogen) atoms. The van der Waals surface area contributed by atoms with Crippen molar-refractivity contribution in [1.29, 1.82) is 0 Å². The zero-order chi connectivity index (χ0) is 20.9. The molecule has 4 rings (SSSR count). The Morgan fingerprint density at radius 1 is 1.00 bits per heavy atom. The van der Waals surface area contributed by atoms with Gasteiger partial charge >= 0.3 is 0 Å². The number of hydrogen-bond donors (Lipinski definition) is 1. The van der Waals surface area contributed by atoms with E-state index in [0.717, 1.165) is 21.5 Å². The quantitative estimate of drug-likeness (QED) is 0.556. The molecular weight excluding hydrogens is 444 g/mol. The van der Waals surface area contributed by atoms with Crippen LogP contribution in [0.4, 0.5) is 11.4 Å². The fraction of sp³-hybridized carbons (Fsp3) is 0.167. The van der Waals surface area contributed by atoms with E-state index in [4.69, 9.17) is 4.74 Å². The Morgan fingerprint density at radius 3 is 2.40 bits per heavy atom. The molecule has 0 saturated carbocycles. The zero-order valence-electron chi connectivity index (χ0n) is 16.3. The van der Waals surface area contributed by atoms with Gasteiger partial charge in [0.05, 0.1) is 5.92 Å². The molecule has 0 aliphatic carbocycles. The van der Waals surface area contributed by atoms with Crippen molar-refractivity contribution in [1.82, 2.24) is 0 Å². The first-order valence-corrected chi connectivity index (χ1v) is 10.5. The molecule has 5 nitrogen and oxygen atoms in total. The number of carbonyl (C=O) groups is 2. The van der Waals surface area contributed by atoms with Crippen molar-refractivity contribution in [3.63, 3.8) is 0 Å². The summed E-state index contributed by atoms with van der Waals surface area (Å²) in [4.78, 5) is 26.7. The lowest BCUT2D eigenvalue weighted by molar-refractivity contribution is -0.122. The fourth-order valence-electron chi connectivity index (χ4n) is 3.37. The Morgan fingerprint density at radius 2 is 1.70 bits per heavy atom. The van der Waals surface area contributed by atoms with Gasteiger partial charge in [0.25, 0.3) is 0 Å². The SMILES string of the molecule is O=C(Nc1ccc(Br)cc1)C1CC(=O)N(c2ccc(OCc3ccccc3)cc2)C1. The normalized spacial score (nSPS) is 15.8. The van der Waals surface area contributed by atoms with Gasteiger partial charge in [-0.3, -0.25) is 9.59 Å². The molecule has 1 saturated heterocycles. The molecule has 0 spiro atoms. The van der Waals surface area contributed by atoms with E-state index in [0.29, 0.717) is 18.8 Å². The van der Waals surface area contributed by atoms with Crippen LogP contribution in [0.15, 0.2) is 83.3 Å². The van der Waals surface area contributed by atoms with Gasteiger partial charge in [0, 0.05) is 28.8 Å². The number of rotatable bonds is 6. The summed E-state index contributed by atoms with van der Waals surface area (Å²) in [5, 5.41) is 2.89. The van der Waals surface area contributed by atoms with Crippen molar-refractivity contribution < 1.29 is 14.3 Å². The van der Waals surface area contributed by atoms with Crippen LogP contribution in [0.25, 0.3) is 0 Å². The van der Waals surface area contributed by atoms with Gasteiger partial charge in [-0.15, -0.1) is 0 Å². The van der Waals surface area contributed by atoms with Crippen LogP contribution in [0.1, 0.15) is 12.0 Å². The Bertz CT molecular complexity index is 1020. The number of anilines is 2. The van der Waals surface area contributed by atoms with Crippen molar-refractivity contribution in [2.75, 3.05) is 16.8 Å². The molecule has 2 amide bonds. The fourth-order valence-corrected chi connectivity index (χ4v) is 3.64. The summed E-state index contributed by atoms with van der Waals surface area (Å²) in [7, 11) is 0. The van der Waals surface area contributed by atoms with Crippen LogP contribution < -0.4 is 15.0 Å². The van der Waals surface area contributed by atoms with E-state index in [-0.39, 0.29) is 24.2 Å². The van der Waals surface area contributed by atoms with E-state index >= 15 is 0 Å². The third kappa shape index (κ3) is 4.89. The maximum atomic E-state index is 12.6. The van der Waals surface area contributed by atoms with E-state index < -0.39 is 0 Å². The maximum absolute atomic E-state index is 12.6. The van der Waals surface area contributed by atoms with Crippen LogP contribution in [0.3, 0.4) is 0 Å². The minimum absolute atomic E-state index is 0.0519. The average molecular weight is 465 g/mol. The van der Waals surface area contributed by atoms with Crippen LogP contribution in [0, 0.1) is 5.92 Å². The number of benzene rings is 3. The van der Waals surface area contributed by atoms with Crippen molar-refractivity contribution >= 4 is 39.1 Å². The third-order valence-electron chi connectivity index (χ3n) is 5.00. The lowest BCUT2D eigenvalue weighted by atomic mass is 10.1. The number of amides is 2. The van der Waals surface area contributed by atoms with Gasteiger partial charge in [-0.25, -0.2) is 0 Å². The molecule has 152 valence electrons. The van der Waals surface area contributed by atoms with E-state index in [1.807, 2.05) is 78.9 Å². The van der Waals surface area contributed by atoms with Crippen LogP contribution in [0.2, 0.25) is 0 Å². The van der Waals surface area contributed by atoms with Gasteiger partial charge in [0.15, 0.2) is 0 Å². The summed E-state index contributed by atoms with van der Waals surface area (Å²) in [6.45, 7) is 0.854. The molecule has 1 fully saturated rings. The standard InChI is InChI=1S/C24H21BrN2O3/c25-19-6-8-20(9-7-19)26-24(29)18-14-23(28)27(15-18)21-10-12-22(13-11-21)30-16-17-4-2-1-3-5-17/h1-13,18H,14-16H2,(H,26,29). The lowest BCUT2D eigenvalue weighted by Gasteiger charge is -2.17. The van der Waals surface area contributed by atoms with E-state index in [2.05, 4.69) is 21.2 Å². The van der Waals surface area contributed by atoms with Gasteiger partial charge in [-0.05, 0) is 54.1 Å². The van der Waals surface area contributed by atoms with Crippen molar-refractivity contribution in [3.8, 4) is 5.75 Å². The number of carbonyl (C=O) groups excluding carboxylic acids is 2. The summed E-state index contributed by atoms with van der Waals surface area (Å²) in [5.74, 6) is 0.161. The topological polar surface area (TPSA) is 58.6 Å². The molecule has 0 radical (unpaired) electrons.